The van der Waals surface area contributed by atoms with Gasteiger partial charge in [-0.2, -0.15) is 5.10 Å². The van der Waals surface area contributed by atoms with Gasteiger partial charge in [-0.15, -0.1) is 0 Å². The summed E-state index contributed by atoms with van der Waals surface area (Å²) in [5.74, 6) is 1.13. The van der Waals surface area contributed by atoms with Gasteiger partial charge in [-0.25, -0.2) is 4.98 Å². The highest BCUT2D eigenvalue weighted by Crippen LogP contribution is 2.18. The van der Waals surface area contributed by atoms with Crippen molar-refractivity contribution < 1.29 is 0 Å². The zero-order valence-electron chi connectivity index (χ0n) is 12.3. The van der Waals surface area contributed by atoms with Crippen LogP contribution in [0.1, 0.15) is 31.1 Å². The second-order valence-corrected chi connectivity index (χ2v) is 5.05. The van der Waals surface area contributed by atoms with Crippen molar-refractivity contribution in [2.24, 2.45) is 0 Å². The van der Waals surface area contributed by atoms with Crippen LogP contribution in [0, 0.1) is 6.92 Å². The van der Waals surface area contributed by atoms with Gasteiger partial charge < -0.3 is 4.57 Å². The third-order valence-corrected chi connectivity index (χ3v) is 3.65. The van der Waals surface area contributed by atoms with Crippen LogP contribution in [0.4, 0.5) is 0 Å². The van der Waals surface area contributed by atoms with Crippen LogP contribution < -0.4 is 0 Å². The van der Waals surface area contributed by atoms with E-state index in [-0.39, 0.29) is 0 Å². The van der Waals surface area contributed by atoms with Crippen LogP contribution in [-0.4, -0.2) is 19.3 Å². The van der Waals surface area contributed by atoms with E-state index in [4.69, 9.17) is 4.98 Å². The molecule has 3 rings (SSSR count). The molecule has 0 unspecified atom stereocenters. The van der Waals surface area contributed by atoms with Gasteiger partial charge in [0.25, 0.3) is 0 Å². The van der Waals surface area contributed by atoms with Gasteiger partial charge in [-0.1, -0.05) is 19.1 Å². The van der Waals surface area contributed by atoms with Crippen LogP contribution >= 0.6 is 0 Å². The van der Waals surface area contributed by atoms with E-state index < -0.39 is 0 Å². The molecule has 104 valence electrons. The molecule has 0 saturated carbocycles. The van der Waals surface area contributed by atoms with Gasteiger partial charge in [-0.3, -0.25) is 4.68 Å². The Bertz CT molecular complexity index is 736. The zero-order chi connectivity index (χ0) is 14.1. The van der Waals surface area contributed by atoms with Crippen LogP contribution in [0.15, 0.2) is 30.3 Å². The van der Waals surface area contributed by atoms with Crippen molar-refractivity contribution in [2.45, 2.75) is 40.3 Å². The number of imidazole rings is 1. The molecular weight excluding hydrogens is 248 g/mol. The minimum atomic E-state index is 0.832. The van der Waals surface area contributed by atoms with E-state index in [2.05, 4.69) is 52.5 Å². The van der Waals surface area contributed by atoms with E-state index in [1.165, 1.54) is 11.2 Å². The average molecular weight is 268 g/mol. The SMILES string of the molecule is CCc1nc2ccccc2n1Cc1cc(C)nn1CC. The summed E-state index contributed by atoms with van der Waals surface area (Å²) in [6.07, 6.45) is 0.938. The molecule has 3 aromatic rings. The molecule has 0 aliphatic carbocycles. The number of nitrogens with zero attached hydrogens (tertiary/aromatic N) is 4. The molecule has 0 atom stereocenters. The summed E-state index contributed by atoms with van der Waals surface area (Å²) < 4.78 is 4.38. The molecule has 2 heterocycles. The predicted molar refractivity (Wildman–Crippen MR) is 80.9 cm³/mol. The molecule has 0 amide bonds. The number of hydrogen-bond donors (Lipinski definition) is 0. The summed E-state index contributed by atoms with van der Waals surface area (Å²) in [7, 11) is 0. The van der Waals surface area contributed by atoms with E-state index in [9.17, 15) is 0 Å². The van der Waals surface area contributed by atoms with Crippen LogP contribution in [0.25, 0.3) is 11.0 Å². The first-order valence-corrected chi connectivity index (χ1v) is 7.20. The number of aromatic nitrogens is 4. The third kappa shape index (κ3) is 2.11. The largest absolute Gasteiger partial charge is 0.322 e. The second kappa shape index (κ2) is 5.12. The predicted octanol–water partition coefficient (Wildman–Crippen LogP) is 3.17. The molecule has 0 spiro atoms. The third-order valence-electron chi connectivity index (χ3n) is 3.65. The van der Waals surface area contributed by atoms with Gasteiger partial charge in [0.05, 0.1) is 29.0 Å². The van der Waals surface area contributed by atoms with Crippen molar-refractivity contribution in [3.8, 4) is 0 Å². The fraction of sp³-hybridized carbons (Fsp3) is 0.375. The molecule has 0 fully saturated rings. The minimum Gasteiger partial charge on any atom is -0.322 e. The fourth-order valence-electron chi connectivity index (χ4n) is 2.73. The van der Waals surface area contributed by atoms with Gasteiger partial charge in [0.1, 0.15) is 5.82 Å². The lowest BCUT2D eigenvalue weighted by Gasteiger charge is -2.09. The first-order chi connectivity index (χ1) is 9.72. The lowest BCUT2D eigenvalue weighted by atomic mass is 10.3. The highest BCUT2D eigenvalue weighted by Gasteiger charge is 2.12. The molecule has 0 radical (unpaired) electrons. The standard InChI is InChI=1S/C16H20N4/c1-4-16-17-14-8-6-7-9-15(14)19(16)11-13-10-12(3)18-20(13)5-2/h6-10H,4-5,11H2,1-3H3. The van der Waals surface area contributed by atoms with E-state index in [1.807, 2.05) is 13.0 Å². The Balaban J connectivity index is 2.09. The molecule has 0 aliphatic rings. The summed E-state index contributed by atoms with van der Waals surface area (Å²) in [6.45, 7) is 8.06. The maximum Gasteiger partial charge on any atom is 0.109 e. The Hall–Kier alpha value is -2.10. The van der Waals surface area contributed by atoms with Gasteiger partial charge >= 0.3 is 0 Å². The van der Waals surface area contributed by atoms with Crippen molar-refractivity contribution in [1.82, 2.24) is 19.3 Å². The number of aryl methyl sites for hydroxylation is 3. The molecule has 4 nitrogen and oxygen atoms in total. The number of fused-ring (bicyclic) bond motifs is 1. The molecular formula is C16H20N4. The molecule has 20 heavy (non-hydrogen) atoms. The van der Waals surface area contributed by atoms with Crippen LogP contribution in [0.3, 0.4) is 0 Å². The van der Waals surface area contributed by atoms with E-state index in [0.717, 1.165) is 36.5 Å². The van der Waals surface area contributed by atoms with Crippen molar-refractivity contribution in [2.75, 3.05) is 0 Å². The lowest BCUT2D eigenvalue weighted by molar-refractivity contribution is 0.594. The lowest BCUT2D eigenvalue weighted by Crippen LogP contribution is -2.10. The quantitative estimate of drug-likeness (QED) is 0.728. The second-order valence-electron chi connectivity index (χ2n) is 5.05. The Labute approximate surface area is 119 Å². The number of hydrogen-bond acceptors (Lipinski definition) is 2. The van der Waals surface area contributed by atoms with Crippen LogP contribution in [0.5, 0.6) is 0 Å². The van der Waals surface area contributed by atoms with Gasteiger partial charge in [0.2, 0.25) is 0 Å². The van der Waals surface area contributed by atoms with Crippen molar-refractivity contribution in [3.63, 3.8) is 0 Å². The topological polar surface area (TPSA) is 35.6 Å². The smallest absolute Gasteiger partial charge is 0.109 e. The first-order valence-electron chi connectivity index (χ1n) is 7.20. The Morgan fingerprint density at radius 1 is 1.15 bits per heavy atom. The minimum absolute atomic E-state index is 0.832. The molecule has 0 N–H and O–H groups in total. The summed E-state index contributed by atoms with van der Waals surface area (Å²) in [6, 6.07) is 10.5. The average Bonchev–Trinajstić information content (AvgIpc) is 3.00. The van der Waals surface area contributed by atoms with Gasteiger partial charge in [0.15, 0.2) is 0 Å². The Morgan fingerprint density at radius 2 is 1.95 bits per heavy atom. The van der Waals surface area contributed by atoms with E-state index >= 15 is 0 Å². The maximum absolute atomic E-state index is 4.72. The monoisotopic (exact) mass is 268 g/mol. The summed E-state index contributed by atoms with van der Waals surface area (Å²) >= 11 is 0. The van der Waals surface area contributed by atoms with Crippen LogP contribution in [0.2, 0.25) is 0 Å². The highest BCUT2D eigenvalue weighted by atomic mass is 15.3. The Kier molecular flexibility index (Phi) is 3.30. The molecule has 0 aliphatic heterocycles. The first kappa shape index (κ1) is 12.9. The summed E-state index contributed by atoms with van der Waals surface area (Å²) in [4.78, 5) is 4.72. The summed E-state index contributed by atoms with van der Waals surface area (Å²) in [5, 5.41) is 4.53. The van der Waals surface area contributed by atoms with Crippen molar-refractivity contribution >= 4 is 11.0 Å². The Morgan fingerprint density at radius 3 is 2.70 bits per heavy atom. The summed E-state index contributed by atoms with van der Waals surface area (Å²) in [5.41, 5.74) is 4.58. The van der Waals surface area contributed by atoms with Crippen molar-refractivity contribution in [1.29, 1.82) is 0 Å². The molecule has 0 saturated heterocycles. The molecule has 2 aromatic heterocycles. The van der Waals surface area contributed by atoms with Crippen molar-refractivity contribution in [3.05, 3.63) is 47.5 Å². The molecule has 1 aromatic carbocycles. The highest BCUT2D eigenvalue weighted by molar-refractivity contribution is 5.76. The number of rotatable bonds is 4. The van der Waals surface area contributed by atoms with E-state index in [0.29, 0.717) is 0 Å². The van der Waals surface area contributed by atoms with E-state index in [1.54, 1.807) is 0 Å². The number of benzene rings is 1. The maximum atomic E-state index is 4.72. The zero-order valence-corrected chi connectivity index (χ0v) is 12.3. The normalized spacial score (nSPS) is 11.3. The molecule has 0 bridgehead atoms. The van der Waals surface area contributed by atoms with Crippen LogP contribution in [-0.2, 0) is 19.5 Å². The fourth-order valence-corrected chi connectivity index (χ4v) is 2.73. The van der Waals surface area contributed by atoms with Gasteiger partial charge in [0, 0.05) is 13.0 Å². The number of para-hydroxylation sites is 2. The van der Waals surface area contributed by atoms with Gasteiger partial charge in [-0.05, 0) is 32.0 Å². The molecule has 4 heteroatoms.